The van der Waals surface area contributed by atoms with E-state index < -0.39 is 11.9 Å². The van der Waals surface area contributed by atoms with Crippen molar-refractivity contribution in [3.05, 3.63) is 46.8 Å². The summed E-state index contributed by atoms with van der Waals surface area (Å²) in [5.41, 5.74) is 1.99. The summed E-state index contributed by atoms with van der Waals surface area (Å²) in [6.07, 6.45) is 0. The van der Waals surface area contributed by atoms with Crippen LogP contribution in [0.15, 0.2) is 28.8 Å². The Morgan fingerprint density at radius 1 is 1.29 bits per heavy atom. The molecule has 0 atom stereocenters. The third-order valence-corrected chi connectivity index (χ3v) is 3.08. The smallest absolute Gasteiger partial charge is 0.335 e. The van der Waals surface area contributed by atoms with Gasteiger partial charge in [0.2, 0.25) is 5.76 Å². The molecule has 2 rings (SSSR count). The molecule has 6 heteroatoms. The van der Waals surface area contributed by atoms with Crippen molar-refractivity contribution in [1.82, 2.24) is 5.16 Å². The van der Waals surface area contributed by atoms with Crippen molar-refractivity contribution in [2.75, 3.05) is 5.32 Å². The van der Waals surface area contributed by atoms with Crippen LogP contribution in [-0.4, -0.2) is 22.1 Å². The van der Waals surface area contributed by atoms with Crippen molar-refractivity contribution >= 4 is 17.6 Å². The number of carbonyl (C=O) groups is 2. The van der Waals surface area contributed by atoms with Crippen molar-refractivity contribution in [3.8, 4) is 0 Å². The predicted molar refractivity (Wildman–Crippen MR) is 76.7 cm³/mol. The maximum Gasteiger partial charge on any atom is 0.335 e. The minimum Gasteiger partial charge on any atom is -0.478 e. The second kappa shape index (κ2) is 5.78. The van der Waals surface area contributed by atoms with E-state index in [9.17, 15) is 9.59 Å². The summed E-state index contributed by atoms with van der Waals surface area (Å²) < 4.78 is 5.00. The molecule has 1 aromatic heterocycles. The van der Waals surface area contributed by atoms with Gasteiger partial charge in [-0.15, -0.1) is 0 Å². The minimum absolute atomic E-state index is 0.0961. The molecule has 110 valence electrons. The average molecular weight is 288 g/mol. The van der Waals surface area contributed by atoms with Crippen LogP contribution in [0.2, 0.25) is 0 Å². The number of carbonyl (C=O) groups excluding carboxylic acids is 1. The fourth-order valence-electron chi connectivity index (χ4n) is 1.74. The van der Waals surface area contributed by atoms with Crippen LogP contribution in [0.1, 0.15) is 51.9 Å². The maximum absolute atomic E-state index is 12.1. The first-order chi connectivity index (χ1) is 9.88. The number of anilines is 1. The van der Waals surface area contributed by atoms with Crippen molar-refractivity contribution in [2.24, 2.45) is 0 Å². The number of carboxylic acid groups (broad SMARTS) is 1. The van der Waals surface area contributed by atoms with E-state index in [4.69, 9.17) is 9.63 Å². The molecule has 2 N–H and O–H groups in total. The summed E-state index contributed by atoms with van der Waals surface area (Å²) >= 11 is 0. The second-order valence-corrected chi connectivity index (χ2v) is 5.06. The molecule has 0 aliphatic rings. The highest BCUT2D eigenvalue weighted by Gasteiger charge is 2.16. The summed E-state index contributed by atoms with van der Waals surface area (Å²) in [6.45, 7) is 5.67. The molecule has 6 nitrogen and oxygen atoms in total. The number of aryl methyl sites for hydroxylation is 1. The number of amides is 1. The van der Waals surface area contributed by atoms with Crippen molar-refractivity contribution in [1.29, 1.82) is 0 Å². The molecule has 2 aromatic rings. The van der Waals surface area contributed by atoms with E-state index in [1.54, 1.807) is 19.1 Å². The molecule has 1 amide bonds. The van der Waals surface area contributed by atoms with Gasteiger partial charge in [-0.2, -0.15) is 0 Å². The van der Waals surface area contributed by atoms with Crippen molar-refractivity contribution in [2.45, 2.75) is 26.7 Å². The summed E-state index contributed by atoms with van der Waals surface area (Å²) in [5, 5.41) is 15.4. The van der Waals surface area contributed by atoms with Crippen molar-refractivity contribution < 1.29 is 19.2 Å². The van der Waals surface area contributed by atoms with E-state index >= 15 is 0 Å². The molecule has 0 saturated heterocycles. The van der Waals surface area contributed by atoms with E-state index in [1.807, 2.05) is 13.8 Å². The molecule has 1 heterocycles. The lowest BCUT2D eigenvalue weighted by molar-refractivity contribution is 0.0696. The van der Waals surface area contributed by atoms with Gasteiger partial charge in [0, 0.05) is 11.8 Å². The van der Waals surface area contributed by atoms with E-state index in [0.29, 0.717) is 11.4 Å². The summed E-state index contributed by atoms with van der Waals surface area (Å²) in [6, 6.07) is 6.11. The zero-order chi connectivity index (χ0) is 15.6. The van der Waals surface area contributed by atoms with Gasteiger partial charge < -0.3 is 14.9 Å². The summed E-state index contributed by atoms with van der Waals surface area (Å²) in [4.78, 5) is 23.0. The molecular formula is C15H16N2O4. The molecular weight excluding hydrogens is 272 g/mol. The highest BCUT2D eigenvalue weighted by molar-refractivity contribution is 6.03. The van der Waals surface area contributed by atoms with Gasteiger partial charge in [-0.05, 0) is 30.5 Å². The minimum atomic E-state index is -1.05. The van der Waals surface area contributed by atoms with E-state index in [1.165, 1.54) is 12.1 Å². The molecule has 0 bridgehead atoms. The van der Waals surface area contributed by atoms with E-state index in [-0.39, 0.29) is 17.2 Å². The normalized spacial score (nSPS) is 10.7. The molecule has 0 aliphatic carbocycles. The Bertz CT molecular complexity index is 689. The lowest BCUT2D eigenvalue weighted by Gasteiger charge is -2.07. The third-order valence-electron chi connectivity index (χ3n) is 3.08. The Balaban J connectivity index is 2.22. The Hall–Kier alpha value is -2.63. The van der Waals surface area contributed by atoms with Crippen molar-refractivity contribution in [3.63, 3.8) is 0 Å². The topological polar surface area (TPSA) is 92.4 Å². The van der Waals surface area contributed by atoms with Gasteiger partial charge in [0.05, 0.1) is 11.3 Å². The number of benzene rings is 1. The van der Waals surface area contributed by atoms with Gasteiger partial charge in [-0.1, -0.05) is 25.1 Å². The maximum atomic E-state index is 12.1. The predicted octanol–water partition coefficient (Wildman–Crippen LogP) is 3.06. The quantitative estimate of drug-likeness (QED) is 0.902. The molecule has 0 radical (unpaired) electrons. The molecule has 1 aromatic carbocycles. The molecule has 0 unspecified atom stereocenters. The summed E-state index contributed by atoms with van der Waals surface area (Å²) in [7, 11) is 0. The Morgan fingerprint density at radius 2 is 2.00 bits per heavy atom. The van der Waals surface area contributed by atoms with Gasteiger partial charge in [-0.25, -0.2) is 4.79 Å². The number of rotatable bonds is 4. The second-order valence-electron chi connectivity index (χ2n) is 5.06. The molecule has 0 saturated carbocycles. The number of carboxylic acids is 1. The first-order valence-corrected chi connectivity index (χ1v) is 6.50. The van der Waals surface area contributed by atoms with E-state index in [2.05, 4.69) is 10.5 Å². The van der Waals surface area contributed by atoms with E-state index in [0.717, 1.165) is 5.56 Å². The van der Waals surface area contributed by atoms with Gasteiger partial charge in [0.1, 0.15) is 0 Å². The Labute approximate surface area is 121 Å². The third kappa shape index (κ3) is 3.28. The number of nitrogens with one attached hydrogen (secondary N) is 1. The van der Waals surface area contributed by atoms with Gasteiger partial charge in [-0.3, -0.25) is 4.79 Å². The largest absolute Gasteiger partial charge is 0.478 e. The first-order valence-electron chi connectivity index (χ1n) is 6.50. The van der Waals surface area contributed by atoms with Crippen LogP contribution >= 0.6 is 0 Å². The lowest BCUT2D eigenvalue weighted by Crippen LogP contribution is -2.12. The SMILES string of the molecule is Cc1ccc(C(=O)O)cc1NC(=O)c1cc(C(C)C)no1. The highest BCUT2D eigenvalue weighted by atomic mass is 16.5. The lowest BCUT2D eigenvalue weighted by atomic mass is 10.1. The van der Waals surface area contributed by atoms with Crippen LogP contribution in [0.5, 0.6) is 0 Å². The van der Waals surface area contributed by atoms with Crippen LogP contribution in [-0.2, 0) is 0 Å². The highest BCUT2D eigenvalue weighted by Crippen LogP contribution is 2.19. The summed E-state index contributed by atoms with van der Waals surface area (Å²) in [5.74, 6) is -1.25. The van der Waals surface area contributed by atoms with Gasteiger partial charge >= 0.3 is 5.97 Å². The zero-order valence-corrected chi connectivity index (χ0v) is 12.0. The molecule has 21 heavy (non-hydrogen) atoms. The molecule has 0 spiro atoms. The fraction of sp³-hybridized carbons (Fsp3) is 0.267. The zero-order valence-electron chi connectivity index (χ0n) is 12.0. The molecule has 0 fully saturated rings. The van der Waals surface area contributed by atoms with Crippen LogP contribution in [0.25, 0.3) is 0 Å². The van der Waals surface area contributed by atoms with Crippen LogP contribution < -0.4 is 5.32 Å². The Morgan fingerprint density at radius 3 is 2.57 bits per heavy atom. The van der Waals surface area contributed by atoms with Gasteiger partial charge in [0.25, 0.3) is 5.91 Å². The van der Waals surface area contributed by atoms with Crippen LogP contribution in [0, 0.1) is 6.92 Å². The standard InChI is InChI=1S/C15H16N2O4/c1-8(2)11-7-13(21-17-11)14(18)16-12-6-10(15(19)20)5-4-9(12)3/h4-8H,1-3H3,(H,16,18)(H,19,20). The average Bonchev–Trinajstić information content (AvgIpc) is 2.90. The fourth-order valence-corrected chi connectivity index (χ4v) is 1.74. The number of aromatic carboxylic acids is 1. The first kappa shape index (κ1) is 14.8. The number of aromatic nitrogens is 1. The molecule has 0 aliphatic heterocycles. The number of nitrogens with zero attached hydrogens (tertiary/aromatic N) is 1. The number of hydrogen-bond donors (Lipinski definition) is 2. The van der Waals surface area contributed by atoms with Gasteiger partial charge in [0.15, 0.2) is 0 Å². The number of hydrogen-bond acceptors (Lipinski definition) is 4. The Kier molecular flexibility index (Phi) is 4.07. The van der Waals surface area contributed by atoms with Crippen LogP contribution in [0.3, 0.4) is 0 Å². The monoisotopic (exact) mass is 288 g/mol. The van der Waals surface area contributed by atoms with Crippen LogP contribution in [0.4, 0.5) is 5.69 Å².